The summed E-state index contributed by atoms with van der Waals surface area (Å²) in [6.07, 6.45) is 2.05. The van der Waals surface area contributed by atoms with Gasteiger partial charge in [0.05, 0.1) is 10.0 Å². The highest BCUT2D eigenvalue weighted by Crippen LogP contribution is 2.35. The molecule has 110 valence electrons. The van der Waals surface area contributed by atoms with Crippen LogP contribution in [0, 0.1) is 5.82 Å². The van der Waals surface area contributed by atoms with E-state index < -0.39 is 0 Å². The third-order valence-electron chi connectivity index (χ3n) is 3.53. The first-order chi connectivity index (χ1) is 10.1. The number of ether oxygens (including phenoxy) is 1. The van der Waals surface area contributed by atoms with Crippen molar-refractivity contribution in [3.05, 3.63) is 57.8 Å². The second-order valence-corrected chi connectivity index (χ2v) is 5.82. The Morgan fingerprint density at radius 3 is 2.67 bits per heavy atom. The van der Waals surface area contributed by atoms with Crippen LogP contribution in [0.15, 0.2) is 36.4 Å². The van der Waals surface area contributed by atoms with E-state index in [0.717, 1.165) is 24.9 Å². The standard InChI is InChI=1S/C16H14Cl2FNO/c17-13-5-4-11(9-14(13)18)21-16-6-3-10(19)8-12(16)15-2-1-7-20-15/h3-6,8-9,15,20H,1-2,7H2. The average molecular weight is 326 g/mol. The third-order valence-corrected chi connectivity index (χ3v) is 4.27. The Morgan fingerprint density at radius 2 is 1.95 bits per heavy atom. The van der Waals surface area contributed by atoms with Crippen LogP contribution in [0.3, 0.4) is 0 Å². The Balaban J connectivity index is 1.92. The van der Waals surface area contributed by atoms with Gasteiger partial charge in [0.25, 0.3) is 0 Å². The SMILES string of the molecule is Fc1ccc(Oc2ccc(Cl)c(Cl)c2)c(C2CCCN2)c1. The van der Waals surface area contributed by atoms with E-state index in [-0.39, 0.29) is 11.9 Å². The Hall–Kier alpha value is -1.29. The van der Waals surface area contributed by atoms with Crippen molar-refractivity contribution in [1.82, 2.24) is 5.32 Å². The maximum absolute atomic E-state index is 13.5. The van der Waals surface area contributed by atoms with Crippen molar-refractivity contribution in [3.63, 3.8) is 0 Å². The van der Waals surface area contributed by atoms with Crippen molar-refractivity contribution in [2.45, 2.75) is 18.9 Å². The van der Waals surface area contributed by atoms with Crippen LogP contribution in [0.25, 0.3) is 0 Å². The third kappa shape index (κ3) is 3.31. The monoisotopic (exact) mass is 325 g/mol. The van der Waals surface area contributed by atoms with E-state index in [0.29, 0.717) is 21.5 Å². The summed E-state index contributed by atoms with van der Waals surface area (Å²) in [5.41, 5.74) is 0.832. The first-order valence-electron chi connectivity index (χ1n) is 6.79. The molecular formula is C16H14Cl2FNO. The van der Waals surface area contributed by atoms with Gasteiger partial charge in [0.1, 0.15) is 17.3 Å². The summed E-state index contributed by atoms with van der Waals surface area (Å²) in [5.74, 6) is 0.949. The molecule has 1 fully saturated rings. The van der Waals surface area contributed by atoms with Gasteiger partial charge in [-0.15, -0.1) is 0 Å². The van der Waals surface area contributed by atoms with Gasteiger partial charge in [-0.3, -0.25) is 0 Å². The Labute approximate surface area is 132 Å². The molecule has 0 bridgehead atoms. The Kier molecular flexibility index (Phi) is 4.34. The summed E-state index contributed by atoms with van der Waals surface area (Å²) in [4.78, 5) is 0. The van der Waals surface area contributed by atoms with Crippen LogP contribution in [0.5, 0.6) is 11.5 Å². The minimum absolute atomic E-state index is 0.124. The van der Waals surface area contributed by atoms with E-state index in [2.05, 4.69) is 5.32 Å². The minimum Gasteiger partial charge on any atom is -0.457 e. The molecule has 2 aromatic rings. The van der Waals surface area contributed by atoms with E-state index in [4.69, 9.17) is 27.9 Å². The maximum atomic E-state index is 13.5. The molecule has 1 unspecified atom stereocenters. The second-order valence-electron chi connectivity index (χ2n) is 5.01. The molecule has 0 aliphatic carbocycles. The molecule has 2 nitrogen and oxygen atoms in total. The summed E-state index contributed by atoms with van der Waals surface area (Å²) in [7, 11) is 0. The van der Waals surface area contributed by atoms with Crippen molar-refractivity contribution in [3.8, 4) is 11.5 Å². The normalized spacial score (nSPS) is 18.0. The molecule has 0 spiro atoms. The Bertz CT molecular complexity index is 657. The lowest BCUT2D eigenvalue weighted by atomic mass is 10.0. The van der Waals surface area contributed by atoms with Crippen LogP contribution < -0.4 is 10.1 Å². The second kappa shape index (κ2) is 6.22. The van der Waals surface area contributed by atoms with Crippen molar-refractivity contribution in [2.24, 2.45) is 0 Å². The zero-order chi connectivity index (χ0) is 14.8. The van der Waals surface area contributed by atoms with Crippen LogP contribution in [0.2, 0.25) is 10.0 Å². The first kappa shape index (κ1) is 14.6. The van der Waals surface area contributed by atoms with Gasteiger partial charge in [0.15, 0.2) is 0 Å². The zero-order valence-electron chi connectivity index (χ0n) is 11.2. The summed E-state index contributed by atoms with van der Waals surface area (Å²) < 4.78 is 19.4. The molecule has 1 heterocycles. The molecule has 1 N–H and O–H groups in total. The van der Waals surface area contributed by atoms with Crippen molar-refractivity contribution >= 4 is 23.2 Å². The highest BCUT2D eigenvalue weighted by Gasteiger charge is 2.21. The van der Waals surface area contributed by atoms with Crippen molar-refractivity contribution in [2.75, 3.05) is 6.54 Å². The van der Waals surface area contributed by atoms with E-state index >= 15 is 0 Å². The lowest BCUT2D eigenvalue weighted by molar-refractivity contribution is 0.462. The number of hydrogen-bond acceptors (Lipinski definition) is 2. The van der Waals surface area contributed by atoms with Crippen LogP contribution >= 0.6 is 23.2 Å². The Morgan fingerprint density at radius 1 is 1.10 bits per heavy atom. The molecule has 1 aliphatic heterocycles. The van der Waals surface area contributed by atoms with Gasteiger partial charge in [0, 0.05) is 17.7 Å². The minimum atomic E-state index is -0.264. The lowest BCUT2D eigenvalue weighted by Gasteiger charge is -2.16. The maximum Gasteiger partial charge on any atom is 0.132 e. The predicted octanol–water partition coefficient (Wildman–Crippen LogP) is 5.35. The molecule has 0 saturated carbocycles. The molecule has 1 atom stereocenters. The van der Waals surface area contributed by atoms with Gasteiger partial charge in [-0.05, 0) is 49.7 Å². The molecule has 3 rings (SSSR count). The van der Waals surface area contributed by atoms with Gasteiger partial charge in [-0.1, -0.05) is 23.2 Å². The van der Waals surface area contributed by atoms with Crippen molar-refractivity contribution in [1.29, 1.82) is 0 Å². The highest BCUT2D eigenvalue weighted by molar-refractivity contribution is 6.42. The summed E-state index contributed by atoms with van der Waals surface area (Å²) >= 11 is 11.9. The summed E-state index contributed by atoms with van der Waals surface area (Å²) in [6, 6.07) is 9.76. The highest BCUT2D eigenvalue weighted by atomic mass is 35.5. The van der Waals surface area contributed by atoms with Gasteiger partial charge >= 0.3 is 0 Å². The van der Waals surface area contributed by atoms with Crippen LogP contribution in [-0.4, -0.2) is 6.54 Å². The van der Waals surface area contributed by atoms with Gasteiger partial charge < -0.3 is 10.1 Å². The molecule has 0 amide bonds. The quantitative estimate of drug-likeness (QED) is 0.821. The van der Waals surface area contributed by atoms with Crippen LogP contribution in [0.4, 0.5) is 4.39 Å². The number of hydrogen-bond donors (Lipinski definition) is 1. The fraction of sp³-hybridized carbons (Fsp3) is 0.250. The molecular weight excluding hydrogens is 312 g/mol. The van der Waals surface area contributed by atoms with Crippen LogP contribution in [0.1, 0.15) is 24.4 Å². The fourth-order valence-corrected chi connectivity index (χ4v) is 2.79. The van der Waals surface area contributed by atoms with E-state index in [1.54, 1.807) is 24.3 Å². The molecule has 1 saturated heterocycles. The van der Waals surface area contributed by atoms with E-state index in [9.17, 15) is 4.39 Å². The molecule has 1 aliphatic rings. The first-order valence-corrected chi connectivity index (χ1v) is 7.55. The predicted molar refractivity (Wildman–Crippen MR) is 82.9 cm³/mol. The largest absolute Gasteiger partial charge is 0.457 e. The number of nitrogens with one attached hydrogen (secondary N) is 1. The topological polar surface area (TPSA) is 21.3 Å². The number of benzene rings is 2. The van der Waals surface area contributed by atoms with E-state index in [1.807, 2.05) is 0 Å². The van der Waals surface area contributed by atoms with Gasteiger partial charge in [-0.25, -0.2) is 4.39 Å². The van der Waals surface area contributed by atoms with Gasteiger partial charge in [-0.2, -0.15) is 0 Å². The van der Waals surface area contributed by atoms with Crippen LogP contribution in [-0.2, 0) is 0 Å². The molecule has 2 aromatic carbocycles. The van der Waals surface area contributed by atoms with E-state index in [1.165, 1.54) is 12.1 Å². The number of halogens is 3. The smallest absolute Gasteiger partial charge is 0.132 e. The lowest BCUT2D eigenvalue weighted by Crippen LogP contribution is -2.13. The molecule has 21 heavy (non-hydrogen) atoms. The molecule has 5 heteroatoms. The molecule has 0 aromatic heterocycles. The van der Waals surface area contributed by atoms with Crippen molar-refractivity contribution < 1.29 is 9.13 Å². The average Bonchev–Trinajstić information content (AvgIpc) is 2.99. The van der Waals surface area contributed by atoms with Gasteiger partial charge in [0.2, 0.25) is 0 Å². The summed E-state index contributed by atoms with van der Waals surface area (Å²) in [5, 5.41) is 4.25. The number of rotatable bonds is 3. The zero-order valence-corrected chi connectivity index (χ0v) is 12.7. The fourth-order valence-electron chi connectivity index (χ4n) is 2.50. The summed E-state index contributed by atoms with van der Waals surface area (Å²) in [6.45, 7) is 0.938. The molecule has 0 radical (unpaired) electrons.